The van der Waals surface area contributed by atoms with E-state index in [9.17, 15) is 18.7 Å². The lowest BCUT2D eigenvalue weighted by Gasteiger charge is -2.39. The van der Waals surface area contributed by atoms with Crippen LogP contribution >= 0.6 is 0 Å². The first-order valence-corrected chi connectivity index (χ1v) is 12.4. The Balaban J connectivity index is 1.20. The van der Waals surface area contributed by atoms with Gasteiger partial charge in [-0.3, -0.25) is 0 Å². The Kier molecular flexibility index (Phi) is 5.75. The van der Waals surface area contributed by atoms with Gasteiger partial charge in [0.25, 0.3) is 0 Å². The van der Waals surface area contributed by atoms with Gasteiger partial charge >= 0.3 is 5.97 Å². The van der Waals surface area contributed by atoms with E-state index in [1.165, 1.54) is 18.2 Å². The van der Waals surface area contributed by atoms with Gasteiger partial charge < -0.3 is 19.3 Å². The smallest absolute Gasteiger partial charge is 0.337 e. The van der Waals surface area contributed by atoms with E-state index in [1.54, 1.807) is 19.1 Å². The molecule has 1 aromatic carbocycles. The highest BCUT2D eigenvalue weighted by Crippen LogP contribution is 2.45. The van der Waals surface area contributed by atoms with Crippen molar-refractivity contribution in [3.63, 3.8) is 0 Å². The Morgan fingerprint density at radius 1 is 1.11 bits per heavy atom. The summed E-state index contributed by atoms with van der Waals surface area (Å²) >= 11 is 0. The molecule has 6 rings (SSSR count). The summed E-state index contributed by atoms with van der Waals surface area (Å²) in [4.78, 5) is 18.2. The monoisotopic (exact) mass is 495 g/mol. The van der Waals surface area contributed by atoms with Crippen molar-refractivity contribution in [1.82, 2.24) is 10.1 Å². The molecule has 1 N–H and O–H groups in total. The third kappa shape index (κ3) is 4.05. The summed E-state index contributed by atoms with van der Waals surface area (Å²) < 4.78 is 41.0. The van der Waals surface area contributed by atoms with Gasteiger partial charge in [-0.05, 0) is 69.7 Å². The van der Waals surface area contributed by atoms with E-state index in [0.717, 1.165) is 44.3 Å². The number of carbonyl (C=O) groups is 1. The summed E-state index contributed by atoms with van der Waals surface area (Å²) in [5, 5.41) is 13.4. The standard InChI is InChI=1S/C27H27F2N3O4/c1-14-19(27(33)34)9-10-23(30-14)32-16-7-8-17(32)12-18(11-16)35-13-20-25(31-36-26(20)15-5-6-15)24-21(28)3-2-4-22(24)29/h2-4,9-10,15-18H,5-8,11-13H2,1H3,(H,33,34)/t16-,17?,18?/m0/s1. The fraction of sp³-hybridized carbons (Fsp3) is 0.444. The third-order valence-electron chi connectivity index (χ3n) is 7.69. The van der Waals surface area contributed by atoms with Crippen LogP contribution in [0.3, 0.4) is 0 Å². The number of rotatable bonds is 7. The van der Waals surface area contributed by atoms with Crippen LogP contribution < -0.4 is 4.90 Å². The number of carboxylic acids is 1. The van der Waals surface area contributed by atoms with Crippen LogP contribution in [0.1, 0.15) is 71.8 Å². The molecule has 7 nitrogen and oxygen atoms in total. The van der Waals surface area contributed by atoms with E-state index in [-0.39, 0.29) is 47.5 Å². The molecule has 4 heterocycles. The molecule has 0 radical (unpaired) electrons. The van der Waals surface area contributed by atoms with Crippen LogP contribution in [-0.4, -0.2) is 39.4 Å². The van der Waals surface area contributed by atoms with Crippen LogP contribution in [0.5, 0.6) is 0 Å². The van der Waals surface area contributed by atoms with Crippen molar-refractivity contribution < 1.29 is 27.9 Å². The van der Waals surface area contributed by atoms with Crippen LogP contribution in [0.2, 0.25) is 0 Å². The van der Waals surface area contributed by atoms with Gasteiger partial charge in [0.1, 0.15) is 28.9 Å². The normalized spacial score (nSPS) is 23.3. The van der Waals surface area contributed by atoms with Crippen molar-refractivity contribution in [3.8, 4) is 11.3 Å². The fourth-order valence-corrected chi connectivity index (χ4v) is 5.80. The molecule has 3 fully saturated rings. The number of carboxylic acid groups (broad SMARTS) is 1. The van der Waals surface area contributed by atoms with Gasteiger partial charge in [0.05, 0.1) is 29.5 Å². The Bertz CT molecular complexity index is 1290. The van der Waals surface area contributed by atoms with Gasteiger partial charge in [-0.15, -0.1) is 0 Å². The molecule has 3 atom stereocenters. The number of benzene rings is 1. The van der Waals surface area contributed by atoms with Gasteiger partial charge in [-0.1, -0.05) is 11.2 Å². The highest BCUT2D eigenvalue weighted by molar-refractivity contribution is 5.89. The molecule has 0 amide bonds. The van der Waals surface area contributed by atoms with Crippen molar-refractivity contribution in [2.45, 2.75) is 76.2 Å². The molecule has 0 spiro atoms. The maximum atomic E-state index is 14.5. The molecule has 1 saturated carbocycles. The second kappa shape index (κ2) is 8.96. The number of piperidine rings is 1. The summed E-state index contributed by atoms with van der Waals surface area (Å²) in [7, 11) is 0. The molecule has 2 saturated heterocycles. The number of halogens is 2. The first-order valence-electron chi connectivity index (χ1n) is 12.4. The highest BCUT2D eigenvalue weighted by Gasteiger charge is 2.42. The first-order chi connectivity index (χ1) is 17.4. The van der Waals surface area contributed by atoms with Crippen molar-refractivity contribution in [2.75, 3.05) is 4.90 Å². The molecule has 188 valence electrons. The molecule has 2 unspecified atom stereocenters. The van der Waals surface area contributed by atoms with Gasteiger partial charge in [-0.25, -0.2) is 18.6 Å². The Morgan fingerprint density at radius 2 is 1.81 bits per heavy atom. The summed E-state index contributed by atoms with van der Waals surface area (Å²) in [6.45, 7) is 1.91. The number of nitrogens with zero attached hydrogens (tertiary/aromatic N) is 3. The van der Waals surface area contributed by atoms with Crippen molar-refractivity contribution in [3.05, 3.63) is 64.5 Å². The molecule has 3 aromatic rings. The van der Waals surface area contributed by atoms with E-state index in [0.29, 0.717) is 17.0 Å². The lowest BCUT2D eigenvalue weighted by Crippen LogP contribution is -2.46. The van der Waals surface area contributed by atoms with E-state index < -0.39 is 17.6 Å². The number of ether oxygens (including phenoxy) is 1. The second-order valence-electron chi connectivity index (χ2n) is 10.0. The van der Waals surface area contributed by atoms with E-state index in [4.69, 9.17) is 9.26 Å². The number of fused-ring (bicyclic) bond motifs is 2. The average Bonchev–Trinajstić information content (AvgIpc) is 3.55. The zero-order valence-electron chi connectivity index (χ0n) is 19.9. The largest absolute Gasteiger partial charge is 0.478 e. The molecule has 3 aliphatic rings. The molecule has 2 aliphatic heterocycles. The quantitative estimate of drug-likeness (QED) is 0.455. The number of aryl methyl sites for hydroxylation is 1. The van der Waals surface area contributed by atoms with E-state index in [2.05, 4.69) is 15.0 Å². The van der Waals surface area contributed by atoms with Crippen molar-refractivity contribution in [2.24, 2.45) is 0 Å². The number of hydrogen-bond donors (Lipinski definition) is 1. The fourth-order valence-electron chi connectivity index (χ4n) is 5.80. The summed E-state index contributed by atoms with van der Waals surface area (Å²) in [5.74, 6) is -0.622. The third-order valence-corrected chi connectivity index (χ3v) is 7.69. The molecule has 1 aliphatic carbocycles. The van der Waals surface area contributed by atoms with Gasteiger partial charge in [0.15, 0.2) is 0 Å². The summed E-state index contributed by atoms with van der Waals surface area (Å²) in [5.41, 5.74) is 1.37. The lowest BCUT2D eigenvalue weighted by molar-refractivity contribution is 0.0146. The number of aromatic carboxylic acids is 1. The zero-order chi connectivity index (χ0) is 25.0. The summed E-state index contributed by atoms with van der Waals surface area (Å²) in [6.07, 6.45) is 5.54. The van der Waals surface area contributed by atoms with Crippen LogP contribution in [0.15, 0.2) is 34.9 Å². The average molecular weight is 496 g/mol. The maximum absolute atomic E-state index is 14.5. The zero-order valence-corrected chi connectivity index (χ0v) is 19.9. The summed E-state index contributed by atoms with van der Waals surface area (Å²) in [6, 6.07) is 7.67. The second-order valence-corrected chi connectivity index (χ2v) is 10.0. The van der Waals surface area contributed by atoms with Gasteiger partial charge in [0.2, 0.25) is 0 Å². The maximum Gasteiger partial charge on any atom is 0.337 e. The van der Waals surface area contributed by atoms with Crippen molar-refractivity contribution in [1.29, 1.82) is 0 Å². The molecule has 2 bridgehead atoms. The molecule has 36 heavy (non-hydrogen) atoms. The number of pyridine rings is 1. The highest BCUT2D eigenvalue weighted by atomic mass is 19.1. The minimum absolute atomic E-state index is 0.0154. The number of aromatic nitrogens is 2. The predicted molar refractivity (Wildman–Crippen MR) is 127 cm³/mol. The first kappa shape index (κ1) is 23.1. The molecule has 2 aromatic heterocycles. The topological polar surface area (TPSA) is 88.7 Å². The number of anilines is 1. The Morgan fingerprint density at radius 3 is 2.42 bits per heavy atom. The van der Waals surface area contributed by atoms with Crippen LogP contribution in [-0.2, 0) is 11.3 Å². The van der Waals surface area contributed by atoms with Crippen LogP contribution in [0.4, 0.5) is 14.6 Å². The van der Waals surface area contributed by atoms with Crippen LogP contribution in [0.25, 0.3) is 11.3 Å². The van der Waals surface area contributed by atoms with E-state index >= 15 is 0 Å². The molecule has 9 heteroatoms. The van der Waals surface area contributed by atoms with Crippen LogP contribution in [0, 0.1) is 18.6 Å². The lowest BCUT2D eigenvalue weighted by atomic mass is 9.99. The molecular formula is C27H27F2N3O4. The van der Waals surface area contributed by atoms with E-state index in [1.807, 2.05) is 0 Å². The SMILES string of the molecule is Cc1nc(N2C3CC[C@H]2CC(OCc2c(-c4c(F)cccc4F)noc2C2CC2)C3)ccc1C(=O)O. The molecular weight excluding hydrogens is 468 g/mol. The van der Waals surface area contributed by atoms with Gasteiger partial charge in [0, 0.05) is 23.6 Å². The number of hydrogen-bond acceptors (Lipinski definition) is 6. The minimum Gasteiger partial charge on any atom is -0.478 e. The Hall–Kier alpha value is -3.33. The Labute approximate surface area is 207 Å². The van der Waals surface area contributed by atoms with Gasteiger partial charge in [-0.2, -0.15) is 0 Å². The van der Waals surface area contributed by atoms with Crippen molar-refractivity contribution >= 4 is 11.8 Å². The minimum atomic E-state index is -0.976. The predicted octanol–water partition coefficient (Wildman–Crippen LogP) is 5.62.